The number of halogens is 1. The minimum Gasteiger partial charge on any atom is -0.370 e. The molecule has 0 aromatic heterocycles. The zero-order valence-corrected chi connectivity index (χ0v) is 13.6. The molecule has 0 bridgehead atoms. The van der Waals surface area contributed by atoms with Crippen LogP contribution in [0.15, 0.2) is 46.9 Å². The summed E-state index contributed by atoms with van der Waals surface area (Å²) in [5.41, 5.74) is 4.09. The van der Waals surface area contributed by atoms with Crippen molar-refractivity contribution >= 4 is 33.2 Å². The normalized spacial score (nSPS) is 16.8. The van der Waals surface area contributed by atoms with Crippen LogP contribution in [-0.2, 0) is 4.79 Å². The quantitative estimate of drug-likeness (QED) is 0.848. The molecule has 4 heteroatoms. The Kier molecular flexibility index (Phi) is 3.72. The maximum absolute atomic E-state index is 12.1. The van der Waals surface area contributed by atoms with E-state index >= 15 is 0 Å². The van der Waals surface area contributed by atoms with Gasteiger partial charge < -0.3 is 10.6 Å². The lowest BCUT2D eigenvalue weighted by atomic mass is 10.0. The lowest BCUT2D eigenvalue weighted by Gasteiger charge is -2.14. The summed E-state index contributed by atoms with van der Waals surface area (Å²) in [7, 11) is 0. The number of hydrogen-bond acceptors (Lipinski definition) is 2. The number of benzene rings is 2. The largest absolute Gasteiger partial charge is 0.370 e. The molecule has 1 atom stereocenters. The fourth-order valence-corrected chi connectivity index (χ4v) is 2.89. The molecule has 0 saturated heterocycles. The Labute approximate surface area is 132 Å². The van der Waals surface area contributed by atoms with Crippen LogP contribution in [0, 0.1) is 0 Å². The third-order valence-corrected chi connectivity index (χ3v) is 4.23. The summed E-state index contributed by atoms with van der Waals surface area (Å²) in [5, 5.41) is 6.21. The second kappa shape index (κ2) is 5.53. The van der Waals surface area contributed by atoms with Gasteiger partial charge in [0, 0.05) is 21.4 Å². The number of carbonyl (C=O) groups excluding carboxylic acids is 1. The van der Waals surface area contributed by atoms with Crippen LogP contribution >= 0.6 is 15.9 Å². The number of carbonyl (C=O) groups is 1. The summed E-state index contributed by atoms with van der Waals surface area (Å²) < 4.78 is 0.972. The van der Waals surface area contributed by atoms with Crippen LogP contribution in [0.4, 0.5) is 11.4 Å². The first-order chi connectivity index (χ1) is 10.0. The summed E-state index contributed by atoms with van der Waals surface area (Å²) >= 11 is 3.46. The summed E-state index contributed by atoms with van der Waals surface area (Å²) in [4.78, 5) is 12.1. The molecule has 21 heavy (non-hydrogen) atoms. The van der Waals surface area contributed by atoms with Crippen molar-refractivity contribution in [2.45, 2.75) is 25.8 Å². The van der Waals surface area contributed by atoms with E-state index in [1.165, 1.54) is 5.56 Å². The van der Waals surface area contributed by atoms with E-state index in [9.17, 15) is 4.79 Å². The van der Waals surface area contributed by atoms with E-state index < -0.39 is 0 Å². The highest BCUT2D eigenvalue weighted by Crippen LogP contribution is 2.35. The molecule has 108 valence electrons. The van der Waals surface area contributed by atoms with Crippen LogP contribution in [0.5, 0.6) is 0 Å². The Balaban J connectivity index is 1.85. The van der Waals surface area contributed by atoms with Crippen molar-refractivity contribution < 1.29 is 4.79 Å². The first-order valence-corrected chi connectivity index (χ1v) is 7.80. The van der Waals surface area contributed by atoms with Gasteiger partial charge >= 0.3 is 0 Å². The van der Waals surface area contributed by atoms with E-state index in [4.69, 9.17) is 0 Å². The third-order valence-electron chi connectivity index (χ3n) is 3.73. The van der Waals surface area contributed by atoms with E-state index in [-0.39, 0.29) is 11.9 Å². The number of hydrogen-bond donors (Lipinski definition) is 2. The predicted octanol–water partition coefficient (Wildman–Crippen LogP) is 4.68. The molecular weight excluding hydrogens is 328 g/mol. The number of anilines is 2. The maximum atomic E-state index is 12.1. The molecule has 1 unspecified atom stereocenters. The van der Waals surface area contributed by atoms with Crippen molar-refractivity contribution in [3.63, 3.8) is 0 Å². The highest BCUT2D eigenvalue weighted by atomic mass is 79.9. The number of nitrogens with one attached hydrogen (secondary N) is 2. The molecule has 0 spiro atoms. The SMILES string of the molecule is CC(C)c1ccc(NC2C(=O)Nc3ccc(Br)cc32)cc1. The predicted molar refractivity (Wildman–Crippen MR) is 89.7 cm³/mol. The molecule has 0 fully saturated rings. The van der Waals surface area contributed by atoms with Crippen molar-refractivity contribution in [2.24, 2.45) is 0 Å². The highest BCUT2D eigenvalue weighted by Gasteiger charge is 2.30. The van der Waals surface area contributed by atoms with Crippen LogP contribution in [0.1, 0.15) is 36.9 Å². The van der Waals surface area contributed by atoms with Crippen molar-refractivity contribution in [1.82, 2.24) is 0 Å². The molecule has 2 N–H and O–H groups in total. The summed E-state index contributed by atoms with van der Waals surface area (Å²) in [6, 6.07) is 13.7. The van der Waals surface area contributed by atoms with E-state index in [0.29, 0.717) is 5.92 Å². The Morgan fingerprint density at radius 1 is 1.14 bits per heavy atom. The van der Waals surface area contributed by atoms with Crippen LogP contribution in [-0.4, -0.2) is 5.91 Å². The second-order valence-electron chi connectivity index (χ2n) is 5.57. The first kappa shape index (κ1) is 14.1. The van der Waals surface area contributed by atoms with Gasteiger partial charge in [-0.25, -0.2) is 0 Å². The molecule has 1 aliphatic rings. The second-order valence-corrected chi connectivity index (χ2v) is 6.49. The lowest BCUT2D eigenvalue weighted by molar-refractivity contribution is -0.116. The van der Waals surface area contributed by atoms with Gasteiger partial charge in [-0.1, -0.05) is 41.9 Å². The fraction of sp³-hybridized carbons (Fsp3) is 0.235. The smallest absolute Gasteiger partial charge is 0.251 e. The fourth-order valence-electron chi connectivity index (χ4n) is 2.51. The van der Waals surface area contributed by atoms with E-state index in [2.05, 4.69) is 52.5 Å². The van der Waals surface area contributed by atoms with Crippen molar-refractivity contribution in [3.8, 4) is 0 Å². The van der Waals surface area contributed by atoms with Gasteiger partial charge in [0.1, 0.15) is 6.04 Å². The molecule has 1 heterocycles. The molecular formula is C17H17BrN2O. The monoisotopic (exact) mass is 344 g/mol. The molecule has 1 amide bonds. The van der Waals surface area contributed by atoms with E-state index in [0.717, 1.165) is 21.4 Å². The van der Waals surface area contributed by atoms with Gasteiger partial charge in [-0.15, -0.1) is 0 Å². The van der Waals surface area contributed by atoms with Gasteiger partial charge in [0.05, 0.1) is 0 Å². The Bertz CT molecular complexity index is 680. The average molecular weight is 345 g/mol. The molecule has 0 saturated carbocycles. The molecule has 0 aliphatic carbocycles. The van der Waals surface area contributed by atoms with E-state index in [1.54, 1.807) is 0 Å². The summed E-state index contributed by atoms with van der Waals surface area (Å²) in [6.45, 7) is 4.33. The van der Waals surface area contributed by atoms with Crippen LogP contribution < -0.4 is 10.6 Å². The van der Waals surface area contributed by atoms with Gasteiger partial charge in [0.15, 0.2) is 0 Å². The van der Waals surface area contributed by atoms with Crippen LogP contribution in [0.25, 0.3) is 0 Å². The van der Waals surface area contributed by atoms with Gasteiger partial charge in [-0.05, 0) is 41.8 Å². The lowest BCUT2D eigenvalue weighted by Crippen LogP contribution is -2.19. The first-order valence-electron chi connectivity index (χ1n) is 7.01. The summed E-state index contributed by atoms with van der Waals surface area (Å²) in [6.07, 6.45) is 0. The number of rotatable bonds is 3. The van der Waals surface area contributed by atoms with E-state index in [1.807, 2.05) is 30.3 Å². The van der Waals surface area contributed by atoms with Gasteiger partial charge in [0.25, 0.3) is 5.91 Å². The zero-order valence-electron chi connectivity index (χ0n) is 12.0. The zero-order chi connectivity index (χ0) is 15.0. The van der Waals surface area contributed by atoms with Crippen LogP contribution in [0.3, 0.4) is 0 Å². The maximum Gasteiger partial charge on any atom is 0.251 e. The van der Waals surface area contributed by atoms with Gasteiger partial charge in [-0.3, -0.25) is 4.79 Å². The Morgan fingerprint density at radius 3 is 2.52 bits per heavy atom. The molecule has 1 aliphatic heterocycles. The molecule has 3 nitrogen and oxygen atoms in total. The summed E-state index contributed by atoms with van der Waals surface area (Å²) in [5.74, 6) is 0.488. The Hall–Kier alpha value is -1.81. The van der Waals surface area contributed by atoms with Gasteiger partial charge in [0.2, 0.25) is 0 Å². The Morgan fingerprint density at radius 2 is 1.86 bits per heavy atom. The molecule has 2 aromatic carbocycles. The third kappa shape index (κ3) is 2.81. The average Bonchev–Trinajstić information content (AvgIpc) is 2.76. The van der Waals surface area contributed by atoms with Crippen molar-refractivity contribution in [2.75, 3.05) is 10.6 Å². The molecule has 0 radical (unpaired) electrons. The standard InChI is InChI=1S/C17H17BrN2O/c1-10(2)11-3-6-13(7-4-11)19-16-14-9-12(18)5-8-15(14)20-17(16)21/h3-10,16,19H,1-2H3,(H,20,21). The topological polar surface area (TPSA) is 41.1 Å². The van der Waals surface area contributed by atoms with Crippen LogP contribution in [0.2, 0.25) is 0 Å². The number of amides is 1. The van der Waals surface area contributed by atoms with Crippen molar-refractivity contribution in [1.29, 1.82) is 0 Å². The van der Waals surface area contributed by atoms with Gasteiger partial charge in [-0.2, -0.15) is 0 Å². The number of fused-ring (bicyclic) bond motifs is 1. The highest BCUT2D eigenvalue weighted by molar-refractivity contribution is 9.10. The minimum absolute atomic E-state index is 0.0176. The van der Waals surface area contributed by atoms with Crippen molar-refractivity contribution in [3.05, 3.63) is 58.1 Å². The molecule has 2 aromatic rings. The molecule has 3 rings (SSSR count). The minimum atomic E-state index is -0.345.